The standard InChI is InChI=1S/C13H14ClFN4S/c1-16-13-18-11(14)10(20-2)12(19-13)17-7-8-3-5-9(15)6-4-8/h3-6H,7H2,1-2H3,(H2,16,17,18,19). The first kappa shape index (κ1) is 14.9. The van der Waals surface area contributed by atoms with Gasteiger partial charge in [-0.15, -0.1) is 11.8 Å². The van der Waals surface area contributed by atoms with Crippen molar-refractivity contribution in [1.82, 2.24) is 9.97 Å². The fourth-order valence-electron chi connectivity index (χ4n) is 1.62. The van der Waals surface area contributed by atoms with Crippen LogP contribution >= 0.6 is 23.4 Å². The minimum absolute atomic E-state index is 0.249. The van der Waals surface area contributed by atoms with Gasteiger partial charge < -0.3 is 10.6 Å². The highest BCUT2D eigenvalue weighted by Crippen LogP contribution is 2.31. The molecule has 0 amide bonds. The van der Waals surface area contributed by atoms with Gasteiger partial charge >= 0.3 is 0 Å². The van der Waals surface area contributed by atoms with Gasteiger partial charge in [0.2, 0.25) is 5.95 Å². The Morgan fingerprint density at radius 3 is 2.55 bits per heavy atom. The molecule has 0 unspecified atom stereocenters. The van der Waals surface area contributed by atoms with E-state index in [1.54, 1.807) is 19.2 Å². The number of halogens is 2. The van der Waals surface area contributed by atoms with Gasteiger partial charge in [0.25, 0.3) is 0 Å². The lowest BCUT2D eigenvalue weighted by atomic mass is 10.2. The quantitative estimate of drug-likeness (QED) is 0.652. The van der Waals surface area contributed by atoms with Crippen molar-refractivity contribution in [1.29, 1.82) is 0 Å². The fourth-order valence-corrected chi connectivity index (χ4v) is 2.55. The van der Waals surface area contributed by atoms with E-state index in [0.29, 0.717) is 23.5 Å². The van der Waals surface area contributed by atoms with Crippen LogP contribution in [0.3, 0.4) is 0 Å². The molecule has 4 nitrogen and oxygen atoms in total. The Kier molecular flexibility index (Phi) is 5.03. The molecule has 1 heterocycles. The smallest absolute Gasteiger partial charge is 0.225 e. The number of nitrogens with one attached hydrogen (secondary N) is 2. The number of rotatable bonds is 5. The lowest BCUT2D eigenvalue weighted by Crippen LogP contribution is -2.06. The van der Waals surface area contributed by atoms with Crippen LogP contribution < -0.4 is 10.6 Å². The molecule has 20 heavy (non-hydrogen) atoms. The Balaban J connectivity index is 2.19. The average molecular weight is 313 g/mol. The Bertz CT molecular complexity index is 592. The summed E-state index contributed by atoms with van der Waals surface area (Å²) >= 11 is 7.59. The maximum Gasteiger partial charge on any atom is 0.225 e. The first-order chi connectivity index (χ1) is 9.63. The van der Waals surface area contributed by atoms with E-state index in [1.165, 1.54) is 23.9 Å². The summed E-state index contributed by atoms with van der Waals surface area (Å²) in [5, 5.41) is 6.46. The molecule has 0 atom stereocenters. The maximum atomic E-state index is 12.9. The van der Waals surface area contributed by atoms with Crippen molar-refractivity contribution in [2.45, 2.75) is 11.4 Å². The van der Waals surface area contributed by atoms with Crippen molar-refractivity contribution in [3.8, 4) is 0 Å². The maximum absolute atomic E-state index is 12.9. The SMILES string of the molecule is CNc1nc(Cl)c(SC)c(NCc2ccc(F)cc2)n1. The molecular weight excluding hydrogens is 299 g/mol. The van der Waals surface area contributed by atoms with Crippen LogP contribution in [0, 0.1) is 5.82 Å². The van der Waals surface area contributed by atoms with Gasteiger partial charge in [0.1, 0.15) is 16.8 Å². The highest BCUT2D eigenvalue weighted by atomic mass is 35.5. The molecule has 0 aliphatic carbocycles. The molecule has 1 aromatic heterocycles. The zero-order valence-electron chi connectivity index (χ0n) is 11.1. The highest BCUT2D eigenvalue weighted by molar-refractivity contribution is 7.98. The second-order valence-electron chi connectivity index (χ2n) is 3.95. The molecule has 106 valence electrons. The molecule has 0 bridgehead atoms. The summed E-state index contributed by atoms with van der Waals surface area (Å²) < 4.78 is 12.9. The first-order valence-corrected chi connectivity index (χ1v) is 7.52. The highest BCUT2D eigenvalue weighted by Gasteiger charge is 2.11. The molecule has 1 aromatic carbocycles. The van der Waals surface area contributed by atoms with Crippen molar-refractivity contribution >= 4 is 35.1 Å². The lowest BCUT2D eigenvalue weighted by molar-refractivity contribution is 0.627. The van der Waals surface area contributed by atoms with Crippen molar-refractivity contribution in [3.05, 3.63) is 40.8 Å². The van der Waals surface area contributed by atoms with Gasteiger partial charge in [-0.1, -0.05) is 23.7 Å². The summed E-state index contributed by atoms with van der Waals surface area (Å²) in [6.45, 7) is 0.532. The van der Waals surface area contributed by atoms with E-state index in [0.717, 1.165) is 10.5 Å². The summed E-state index contributed by atoms with van der Waals surface area (Å²) in [6.07, 6.45) is 1.91. The van der Waals surface area contributed by atoms with Crippen LogP contribution in [0.5, 0.6) is 0 Å². The second kappa shape index (κ2) is 6.76. The van der Waals surface area contributed by atoms with Crippen molar-refractivity contribution in [3.63, 3.8) is 0 Å². The number of anilines is 2. The lowest BCUT2D eigenvalue weighted by Gasteiger charge is -2.12. The zero-order chi connectivity index (χ0) is 14.5. The van der Waals surface area contributed by atoms with Crippen LogP contribution in [0.2, 0.25) is 5.15 Å². The van der Waals surface area contributed by atoms with E-state index in [4.69, 9.17) is 11.6 Å². The number of aromatic nitrogens is 2. The third-order valence-corrected chi connectivity index (χ3v) is 3.81. The van der Waals surface area contributed by atoms with Gasteiger partial charge in [0, 0.05) is 13.6 Å². The number of benzene rings is 1. The van der Waals surface area contributed by atoms with E-state index < -0.39 is 0 Å². The molecule has 0 fully saturated rings. The minimum Gasteiger partial charge on any atom is -0.365 e. The van der Waals surface area contributed by atoms with Gasteiger partial charge in [-0.05, 0) is 24.0 Å². The normalized spacial score (nSPS) is 10.4. The van der Waals surface area contributed by atoms with E-state index >= 15 is 0 Å². The third kappa shape index (κ3) is 3.52. The molecule has 0 aliphatic rings. The van der Waals surface area contributed by atoms with Gasteiger partial charge in [-0.3, -0.25) is 0 Å². The molecule has 0 spiro atoms. The molecule has 2 aromatic rings. The second-order valence-corrected chi connectivity index (χ2v) is 5.12. The van der Waals surface area contributed by atoms with Crippen LogP contribution in [0.1, 0.15) is 5.56 Å². The Morgan fingerprint density at radius 1 is 1.25 bits per heavy atom. The number of hydrogen-bond acceptors (Lipinski definition) is 5. The largest absolute Gasteiger partial charge is 0.365 e. The Morgan fingerprint density at radius 2 is 1.95 bits per heavy atom. The van der Waals surface area contributed by atoms with Crippen LogP contribution in [-0.4, -0.2) is 23.3 Å². The zero-order valence-corrected chi connectivity index (χ0v) is 12.6. The summed E-state index contributed by atoms with van der Waals surface area (Å²) in [7, 11) is 1.73. The van der Waals surface area contributed by atoms with Crippen molar-refractivity contribution < 1.29 is 4.39 Å². The van der Waals surface area contributed by atoms with Gasteiger partial charge in [-0.25, -0.2) is 4.39 Å². The van der Waals surface area contributed by atoms with Gasteiger partial charge in [0.05, 0.1) is 4.90 Å². The third-order valence-electron chi connectivity index (χ3n) is 2.63. The predicted molar refractivity (Wildman–Crippen MR) is 82.1 cm³/mol. The van der Waals surface area contributed by atoms with E-state index in [9.17, 15) is 4.39 Å². The molecule has 2 N–H and O–H groups in total. The summed E-state index contributed by atoms with van der Waals surface area (Å²) in [4.78, 5) is 9.25. The van der Waals surface area contributed by atoms with Gasteiger partial charge in [-0.2, -0.15) is 9.97 Å². The Labute approximate surface area is 126 Å². The van der Waals surface area contributed by atoms with Crippen molar-refractivity contribution in [2.75, 3.05) is 23.9 Å². The topological polar surface area (TPSA) is 49.8 Å². The number of hydrogen-bond donors (Lipinski definition) is 2. The molecule has 0 radical (unpaired) electrons. The van der Waals surface area contributed by atoms with Crippen molar-refractivity contribution in [2.24, 2.45) is 0 Å². The molecule has 7 heteroatoms. The molecule has 0 saturated carbocycles. The van der Waals surface area contributed by atoms with Crippen LogP contribution in [0.15, 0.2) is 29.2 Å². The van der Waals surface area contributed by atoms with Crippen LogP contribution in [-0.2, 0) is 6.54 Å². The fraction of sp³-hybridized carbons (Fsp3) is 0.231. The molecule has 0 aliphatic heterocycles. The van der Waals surface area contributed by atoms with E-state index in [2.05, 4.69) is 20.6 Å². The first-order valence-electron chi connectivity index (χ1n) is 5.91. The monoisotopic (exact) mass is 312 g/mol. The van der Waals surface area contributed by atoms with E-state index in [-0.39, 0.29) is 5.82 Å². The predicted octanol–water partition coefficient (Wildman–Crippen LogP) is 3.64. The van der Waals surface area contributed by atoms with E-state index in [1.807, 2.05) is 6.26 Å². The van der Waals surface area contributed by atoms with Crippen LogP contribution in [0.4, 0.5) is 16.2 Å². The minimum atomic E-state index is -0.249. The number of nitrogens with zero attached hydrogens (tertiary/aromatic N) is 2. The van der Waals surface area contributed by atoms with Crippen LogP contribution in [0.25, 0.3) is 0 Å². The number of thioether (sulfide) groups is 1. The summed E-state index contributed by atoms with van der Waals surface area (Å²) in [5.41, 5.74) is 0.958. The summed E-state index contributed by atoms with van der Waals surface area (Å²) in [5.74, 6) is 0.863. The molecule has 0 saturated heterocycles. The molecular formula is C13H14ClFN4S. The van der Waals surface area contributed by atoms with Gasteiger partial charge in [0.15, 0.2) is 0 Å². The molecule has 2 rings (SSSR count). The Hall–Kier alpha value is -1.53. The average Bonchev–Trinajstić information content (AvgIpc) is 2.46. The summed E-state index contributed by atoms with van der Waals surface area (Å²) in [6, 6.07) is 6.31.